The smallest absolute Gasteiger partial charge is 0.257 e. The predicted molar refractivity (Wildman–Crippen MR) is 106 cm³/mol. The third-order valence-electron chi connectivity index (χ3n) is 5.23. The van der Waals surface area contributed by atoms with Crippen LogP contribution in [0.25, 0.3) is 10.8 Å². The van der Waals surface area contributed by atoms with Gasteiger partial charge in [0.05, 0.1) is 12.1 Å². The normalized spacial score (nSPS) is 15.1. The number of rotatable bonds is 5. The summed E-state index contributed by atoms with van der Waals surface area (Å²) in [5, 5.41) is 12.1. The van der Waals surface area contributed by atoms with Crippen LogP contribution in [0.2, 0.25) is 0 Å². The maximum Gasteiger partial charge on any atom is 0.257 e. The molecule has 0 saturated carbocycles. The molecule has 1 aliphatic rings. The molecule has 1 fully saturated rings. The van der Waals surface area contributed by atoms with Gasteiger partial charge >= 0.3 is 0 Å². The first-order chi connectivity index (χ1) is 13.0. The molecule has 0 atom stereocenters. The average molecular weight is 369 g/mol. The summed E-state index contributed by atoms with van der Waals surface area (Å²) in [6.07, 6.45) is 0. The minimum absolute atomic E-state index is 0.0119. The van der Waals surface area contributed by atoms with Crippen molar-refractivity contribution in [2.75, 3.05) is 45.8 Å². The Morgan fingerprint density at radius 3 is 2.19 bits per heavy atom. The van der Waals surface area contributed by atoms with Crippen LogP contribution in [0.1, 0.15) is 24.2 Å². The van der Waals surface area contributed by atoms with Crippen molar-refractivity contribution in [2.45, 2.75) is 13.8 Å². The van der Waals surface area contributed by atoms with Gasteiger partial charge in [0, 0.05) is 39.3 Å². The molecule has 0 bridgehead atoms. The van der Waals surface area contributed by atoms with Gasteiger partial charge in [-0.2, -0.15) is 0 Å². The minimum atomic E-state index is -0.159. The van der Waals surface area contributed by atoms with Crippen molar-refractivity contribution in [1.29, 1.82) is 0 Å². The largest absolute Gasteiger partial charge is 0.507 e. The summed E-state index contributed by atoms with van der Waals surface area (Å²) < 4.78 is 0. The summed E-state index contributed by atoms with van der Waals surface area (Å²) in [5.41, 5.74) is 0.335. The molecule has 2 aromatic carbocycles. The number of likely N-dealkylation sites (N-methyl/N-ethyl adjacent to an activating group) is 1. The number of amides is 2. The van der Waals surface area contributed by atoms with Crippen LogP contribution >= 0.6 is 0 Å². The molecule has 0 aliphatic carbocycles. The van der Waals surface area contributed by atoms with E-state index in [1.165, 1.54) is 0 Å². The van der Waals surface area contributed by atoms with Crippen LogP contribution in [-0.4, -0.2) is 77.4 Å². The Morgan fingerprint density at radius 1 is 1.00 bits per heavy atom. The van der Waals surface area contributed by atoms with Crippen LogP contribution in [0, 0.1) is 0 Å². The van der Waals surface area contributed by atoms with Crippen LogP contribution < -0.4 is 0 Å². The zero-order valence-corrected chi connectivity index (χ0v) is 16.0. The van der Waals surface area contributed by atoms with Gasteiger partial charge < -0.3 is 14.9 Å². The molecule has 6 heteroatoms. The fourth-order valence-corrected chi connectivity index (χ4v) is 3.55. The molecule has 144 valence electrons. The number of nitrogens with zero attached hydrogens (tertiary/aromatic N) is 3. The molecule has 27 heavy (non-hydrogen) atoms. The van der Waals surface area contributed by atoms with Gasteiger partial charge in [-0.1, -0.05) is 24.3 Å². The summed E-state index contributed by atoms with van der Waals surface area (Å²) in [6.45, 7) is 8.21. The van der Waals surface area contributed by atoms with E-state index in [-0.39, 0.29) is 17.6 Å². The van der Waals surface area contributed by atoms with Gasteiger partial charge in [-0.15, -0.1) is 0 Å². The third kappa shape index (κ3) is 4.22. The van der Waals surface area contributed by atoms with Crippen LogP contribution in [0.3, 0.4) is 0 Å². The number of phenols is 1. The highest BCUT2D eigenvalue weighted by atomic mass is 16.3. The fraction of sp³-hybridized carbons (Fsp3) is 0.429. The van der Waals surface area contributed by atoms with E-state index in [1.807, 2.05) is 43.0 Å². The number of phenolic OH excluding ortho intramolecular Hbond substituents is 1. The minimum Gasteiger partial charge on any atom is -0.507 e. The molecule has 1 saturated heterocycles. The van der Waals surface area contributed by atoms with E-state index in [4.69, 9.17) is 0 Å². The Bertz CT molecular complexity index is 825. The lowest BCUT2D eigenvalue weighted by molar-refractivity contribution is -0.132. The Labute approximate surface area is 160 Å². The van der Waals surface area contributed by atoms with Crippen LogP contribution in [0.4, 0.5) is 0 Å². The maximum atomic E-state index is 12.9. The second-order valence-electron chi connectivity index (χ2n) is 6.85. The van der Waals surface area contributed by atoms with E-state index in [0.29, 0.717) is 38.3 Å². The summed E-state index contributed by atoms with van der Waals surface area (Å²) in [7, 11) is 0. The molecule has 6 nitrogen and oxygen atoms in total. The average Bonchev–Trinajstić information content (AvgIpc) is 2.68. The van der Waals surface area contributed by atoms with Crippen molar-refractivity contribution in [3.05, 3.63) is 42.0 Å². The number of hydrogen-bond donors (Lipinski definition) is 1. The van der Waals surface area contributed by atoms with Crippen molar-refractivity contribution in [1.82, 2.24) is 14.7 Å². The molecule has 0 spiro atoms. The second-order valence-corrected chi connectivity index (χ2v) is 6.85. The lowest BCUT2D eigenvalue weighted by Gasteiger charge is -2.35. The lowest BCUT2D eigenvalue weighted by atomic mass is 10.0. The van der Waals surface area contributed by atoms with Crippen molar-refractivity contribution in [3.63, 3.8) is 0 Å². The fourth-order valence-electron chi connectivity index (χ4n) is 3.55. The zero-order valence-electron chi connectivity index (χ0n) is 16.0. The third-order valence-corrected chi connectivity index (χ3v) is 5.23. The molecule has 2 aromatic rings. The molecule has 0 aromatic heterocycles. The van der Waals surface area contributed by atoms with Crippen LogP contribution in [-0.2, 0) is 4.79 Å². The summed E-state index contributed by atoms with van der Waals surface area (Å²) in [6, 6.07) is 11.1. The summed E-state index contributed by atoms with van der Waals surface area (Å²) >= 11 is 0. The van der Waals surface area contributed by atoms with Gasteiger partial charge in [-0.25, -0.2) is 0 Å². The molecule has 2 amide bonds. The first-order valence-electron chi connectivity index (χ1n) is 9.54. The van der Waals surface area contributed by atoms with E-state index in [0.717, 1.165) is 23.9 Å². The summed E-state index contributed by atoms with van der Waals surface area (Å²) in [4.78, 5) is 30.8. The van der Waals surface area contributed by atoms with E-state index in [1.54, 1.807) is 17.0 Å². The van der Waals surface area contributed by atoms with E-state index in [9.17, 15) is 14.7 Å². The molecule has 3 rings (SSSR count). The van der Waals surface area contributed by atoms with Gasteiger partial charge in [-0.05, 0) is 36.8 Å². The lowest BCUT2D eigenvalue weighted by Crippen LogP contribution is -2.51. The van der Waals surface area contributed by atoms with Crippen molar-refractivity contribution >= 4 is 22.6 Å². The van der Waals surface area contributed by atoms with Crippen LogP contribution in [0.5, 0.6) is 5.75 Å². The number of carbonyl (C=O) groups excluding carboxylic acids is 2. The number of carbonyl (C=O) groups is 2. The van der Waals surface area contributed by atoms with E-state index >= 15 is 0 Å². The van der Waals surface area contributed by atoms with Gasteiger partial charge in [0.15, 0.2) is 0 Å². The quantitative estimate of drug-likeness (QED) is 0.877. The molecule has 0 radical (unpaired) electrons. The molecule has 1 heterocycles. The van der Waals surface area contributed by atoms with Crippen molar-refractivity contribution < 1.29 is 14.7 Å². The number of aromatic hydroxyl groups is 1. The molecular weight excluding hydrogens is 342 g/mol. The number of hydrogen-bond acceptors (Lipinski definition) is 4. The topological polar surface area (TPSA) is 64.1 Å². The number of piperazine rings is 1. The van der Waals surface area contributed by atoms with E-state index < -0.39 is 0 Å². The van der Waals surface area contributed by atoms with Crippen LogP contribution in [0.15, 0.2) is 36.4 Å². The first-order valence-corrected chi connectivity index (χ1v) is 9.54. The van der Waals surface area contributed by atoms with Gasteiger partial charge in [0.2, 0.25) is 5.91 Å². The first kappa shape index (κ1) is 19.2. The monoisotopic (exact) mass is 369 g/mol. The highest BCUT2D eigenvalue weighted by molar-refractivity contribution is 6.01. The van der Waals surface area contributed by atoms with Gasteiger partial charge in [0.1, 0.15) is 5.75 Å². The Balaban J connectivity index is 1.63. The number of benzene rings is 2. The van der Waals surface area contributed by atoms with Gasteiger partial charge in [0.25, 0.3) is 5.91 Å². The Morgan fingerprint density at radius 2 is 1.59 bits per heavy atom. The molecule has 1 aliphatic heterocycles. The SMILES string of the molecule is CCN(CC)C(=O)CN1CCN(C(=O)c2cc3ccccc3cc2O)CC1. The summed E-state index contributed by atoms with van der Waals surface area (Å²) in [5.74, 6) is -0.0160. The molecular formula is C21H27N3O3. The Hall–Kier alpha value is -2.60. The molecule has 0 unspecified atom stereocenters. The zero-order chi connectivity index (χ0) is 19.4. The van der Waals surface area contributed by atoms with Crippen molar-refractivity contribution in [3.8, 4) is 5.75 Å². The van der Waals surface area contributed by atoms with E-state index in [2.05, 4.69) is 4.90 Å². The predicted octanol–water partition coefficient (Wildman–Crippen LogP) is 2.17. The standard InChI is InChI=1S/C21H27N3O3/c1-3-23(4-2)20(26)15-22-9-11-24(12-10-22)21(27)18-13-16-7-5-6-8-17(16)14-19(18)25/h5-8,13-14,25H,3-4,9-12,15H2,1-2H3. The number of fused-ring (bicyclic) bond motifs is 1. The Kier molecular flexibility index (Phi) is 5.96. The van der Waals surface area contributed by atoms with Crippen molar-refractivity contribution in [2.24, 2.45) is 0 Å². The molecule has 1 N–H and O–H groups in total. The highest BCUT2D eigenvalue weighted by Crippen LogP contribution is 2.26. The highest BCUT2D eigenvalue weighted by Gasteiger charge is 2.25. The second kappa shape index (κ2) is 8.39. The maximum absolute atomic E-state index is 12.9. The van der Waals surface area contributed by atoms with Gasteiger partial charge in [-0.3, -0.25) is 14.5 Å².